The Labute approximate surface area is 152 Å². The number of esters is 1. The van der Waals surface area contributed by atoms with Crippen LogP contribution in [-0.4, -0.2) is 45.8 Å². The molecule has 0 aliphatic rings. The first-order chi connectivity index (χ1) is 12.3. The van der Waals surface area contributed by atoms with Crippen LogP contribution >= 0.6 is 0 Å². The van der Waals surface area contributed by atoms with Crippen molar-refractivity contribution in [1.29, 1.82) is 0 Å². The zero-order chi connectivity index (χ0) is 19.3. The van der Waals surface area contributed by atoms with E-state index in [1.54, 1.807) is 30.3 Å². The van der Waals surface area contributed by atoms with E-state index in [0.29, 0.717) is 5.56 Å². The Bertz CT molecular complexity index is 878. The molecule has 138 valence electrons. The summed E-state index contributed by atoms with van der Waals surface area (Å²) in [5.41, 5.74) is 0.812. The highest BCUT2D eigenvalue weighted by Crippen LogP contribution is 2.17. The zero-order valence-electron chi connectivity index (χ0n) is 14.7. The number of carbonyl (C=O) groups excluding carboxylic acids is 2. The maximum absolute atomic E-state index is 12.5. The highest BCUT2D eigenvalue weighted by molar-refractivity contribution is 7.89. The van der Waals surface area contributed by atoms with E-state index in [2.05, 4.69) is 5.32 Å². The van der Waals surface area contributed by atoms with Crippen LogP contribution in [0.4, 0.5) is 0 Å². The molecule has 0 aliphatic carbocycles. The molecule has 8 heteroatoms. The van der Waals surface area contributed by atoms with Gasteiger partial charge in [-0.1, -0.05) is 30.3 Å². The molecule has 0 bridgehead atoms. The Morgan fingerprint density at radius 1 is 1.00 bits per heavy atom. The Hall–Kier alpha value is -2.71. The third kappa shape index (κ3) is 4.27. The van der Waals surface area contributed by atoms with E-state index in [9.17, 15) is 18.0 Å². The number of nitrogens with one attached hydrogen (secondary N) is 1. The van der Waals surface area contributed by atoms with Gasteiger partial charge in [-0.15, -0.1) is 0 Å². The molecule has 0 saturated carbocycles. The van der Waals surface area contributed by atoms with Crippen molar-refractivity contribution in [3.05, 3.63) is 65.7 Å². The van der Waals surface area contributed by atoms with E-state index in [1.807, 2.05) is 0 Å². The monoisotopic (exact) mass is 376 g/mol. The molecule has 2 aromatic rings. The quantitative estimate of drug-likeness (QED) is 0.773. The Balaban J connectivity index is 2.24. The van der Waals surface area contributed by atoms with Gasteiger partial charge in [0.15, 0.2) is 6.04 Å². The van der Waals surface area contributed by atoms with Crippen LogP contribution in [0.5, 0.6) is 0 Å². The van der Waals surface area contributed by atoms with Gasteiger partial charge in [-0.25, -0.2) is 17.5 Å². The molecule has 7 nitrogen and oxygen atoms in total. The summed E-state index contributed by atoms with van der Waals surface area (Å²) in [6.07, 6.45) is 0. The second kappa shape index (κ2) is 8.11. The second-order valence-electron chi connectivity index (χ2n) is 5.65. The molecule has 0 aromatic heterocycles. The van der Waals surface area contributed by atoms with Crippen molar-refractivity contribution in [1.82, 2.24) is 9.62 Å². The van der Waals surface area contributed by atoms with E-state index >= 15 is 0 Å². The summed E-state index contributed by atoms with van der Waals surface area (Å²) < 4.78 is 30.0. The normalized spacial score (nSPS) is 12.5. The van der Waals surface area contributed by atoms with Gasteiger partial charge in [-0.2, -0.15) is 0 Å². The van der Waals surface area contributed by atoms with E-state index in [0.717, 1.165) is 4.31 Å². The highest BCUT2D eigenvalue weighted by Gasteiger charge is 2.24. The van der Waals surface area contributed by atoms with Crippen molar-refractivity contribution >= 4 is 21.9 Å². The first kappa shape index (κ1) is 19.6. The summed E-state index contributed by atoms with van der Waals surface area (Å²) in [6.45, 7) is 0. The number of rotatable bonds is 6. The molecule has 0 aliphatic heterocycles. The van der Waals surface area contributed by atoms with Crippen molar-refractivity contribution in [2.24, 2.45) is 0 Å². The molecule has 2 aromatic carbocycles. The van der Waals surface area contributed by atoms with E-state index in [1.165, 1.54) is 45.5 Å². The number of hydrogen-bond donors (Lipinski definition) is 1. The van der Waals surface area contributed by atoms with E-state index in [-0.39, 0.29) is 10.5 Å². The van der Waals surface area contributed by atoms with Gasteiger partial charge in [0, 0.05) is 19.7 Å². The number of sulfonamides is 1. The van der Waals surface area contributed by atoms with Gasteiger partial charge in [0.25, 0.3) is 5.91 Å². The maximum Gasteiger partial charge on any atom is 0.333 e. The van der Waals surface area contributed by atoms with Gasteiger partial charge in [0.1, 0.15) is 0 Å². The van der Waals surface area contributed by atoms with Crippen LogP contribution in [0, 0.1) is 0 Å². The Morgan fingerprint density at radius 3 is 2.08 bits per heavy atom. The third-order valence-corrected chi connectivity index (χ3v) is 5.57. The molecule has 0 spiro atoms. The smallest absolute Gasteiger partial charge is 0.333 e. The van der Waals surface area contributed by atoms with Crippen molar-refractivity contribution in [3.63, 3.8) is 0 Å². The Morgan fingerprint density at radius 2 is 1.58 bits per heavy atom. The first-order valence-corrected chi connectivity index (χ1v) is 9.17. The van der Waals surface area contributed by atoms with Gasteiger partial charge in [0.2, 0.25) is 10.0 Å². The summed E-state index contributed by atoms with van der Waals surface area (Å²) in [4.78, 5) is 24.6. The number of benzene rings is 2. The van der Waals surface area contributed by atoms with Crippen molar-refractivity contribution in [2.75, 3.05) is 21.2 Å². The standard InChI is InChI=1S/C18H20N2O5S/c1-20(2)26(23,24)15-11-9-14(10-12-15)17(21)19-16(18(22)25-3)13-7-5-4-6-8-13/h4-12,16H,1-3H3,(H,19,21)/t16-/m1/s1. The van der Waals surface area contributed by atoms with Gasteiger partial charge in [-0.3, -0.25) is 4.79 Å². The molecule has 0 radical (unpaired) electrons. The van der Waals surface area contributed by atoms with Gasteiger partial charge in [0.05, 0.1) is 12.0 Å². The summed E-state index contributed by atoms with van der Waals surface area (Å²) in [5, 5.41) is 2.61. The maximum atomic E-state index is 12.5. The fourth-order valence-electron chi connectivity index (χ4n) is 2.25. The van der Waals surface area contributed by atoms with Crippen LogP contribution in [0.3, 0.4) is 0 Å². The summed E-state index contributed by atoms with van der Waals surface area (Å²) >= 11 is 0. The van der Waals surface area contributed by atoms with Crippen LogP contribution in [0.15, 0.2) is 59.5 Å². The lowest BCUT2D eigenvalue weighted by Gasteiger charge is -2.17. The summed E-state index contributed by atoms with van der Waals surface area (Å²) in [6, 6.07) is 13.2. The molecule has 0 saturated heterocycles. The summed E-state index contributed by atoms with van der Waals surface area (Å²) in [5.74, 6) is -1.12. The van der Waals surface area contributed by atoms with Gasteiger partial charge in [-0.05, 0) is 29.8 Å². The van der Waals surface area contributed by atoms with E-state index < -0.39 is 27.9 Å². The van der Waals surface area contributed by atoms with Crippen LogP contribution < -0.4 is 5.32 Å². The number of nitrogens with zero attached hydrogens (tertiary/aromatic N) is 1. The number of hydrogen-bond acceptors (Lipinski definition) is 5. The van der Waals surface area contributed by atoms with E-state index in [4.69, 9.17) is 4.74 Å². The average molecular weight is 376 g/mol. The lowest BCUT2D eigenvalue weighted by molar-refractivity contribution is -0.143. The number of amides is 1. The van der Waals surface area contributed by atoms with Gasteiger partial charge >= 0.3 is 5.97 Å². The molecule has 0 unspecified atom stereocenters. The van der Waals surface area contributed by atoms with Crippen LogP contribution in [0.2, 0.25) is 0 Å². The van der Waals surface area contributed by atoms with Crippen LogP contribution in [0.1, 0.15) is 22.0 Å². The molecule has 0 heterocycles. The number of carbonyl (C=O) groups is 2. The minimum Gasteiger partial charge on any atom is -0.467 e. The molecule has 2 rings (SSSR count). The lowest BCUT2D eigenvalue weighted by atomic mass is 10.1. The van der Waals surface area contributed by atoms with Crippen molar-refractivity contribution in [2.45, 2.75) is 10.9 Å². The largest absolute Gasteiger partial charge is 0.467 e. The predicted molar refractivity (Wildman–Crippen MR) is 96.0 cm³/mol. The van der Waals surface area contributed by atoms with Crippen LogP contribution in [-0.2, 0) is 19.6 Å². The van der Waals surface area contributed by atoms with Crippen LogP contribution in [0.25, 0.3) is 0 Å². The fourth-order valence-corrected chi connectivity index (χ4v) is 3.15. The third-order valence-electron chi connectivity index (χ3n) is 3.74. The van der Waals surface area contributed by atoms with Crippen molar-refractivity contribution in [3.8, 4) is 0 Å². The molecule has 0 fully saturated rings. The molecule has 1 N–H and O–H groups in total. The Kier molecular flexibility index (Phi) is 6.12. The topological polar surface area (TPSA) is 92.8 Å². The second-order valence-corrected chi connectivity index (χ2v) is 7.80. The summed E-state index contributed by atoms with van der Waals surface area (Å²) in [7, 11) is 0.521. The minimum atomic E-state index is -3.58. The van der Waals surface area contributed by atoms with Gasteiger partial charge < -0.3 is 10.1 Å². The first-order valence-electron chi connectivity index (χ1n) is 7.73. The molecule has 1 amide bonds. The molecular weight excluding hydrogens is 356 g/mol. The molecule has 1 atom stereocenters. The lowest BCUT2D eigenvalue weighted by Crippen LogP contribution is -2.34. The SMILES string of the molecule is COC(=O)[C@H](NC(=O)c1ccc(S(=O)(=O)N(C)C)cc1)c1ccccc1. The minimum absolute atomic E-state index is 0.0756. The highest BCUT2D eigenvalue weighted by atomic mass is 32.2. The fraction of sp³-hybridized carbons (Fsp3) is 0.222. The zero-order valence-corrected chi connectivity index (χ0v) is 15.5. The number of methoxy groups -OCH3 is 1. The molecular formula is C18H20N2O5S. The number of ether oxygens (including phenoxy) is 1. The average Bonchev–Trinajstić information content (AvgIpc) is 2.66. The predicted octanol–water partition coefficient (Wildman–Crippen LogP) is 1.58. The van der Waals surface area contributed by atoms with Crippen molar-refractivity contribution < 1.29 is 22.7 Å². The molecule has 26 heavy (non-hydrogen) atoms.